The molecule has 0 radical (unpaired) electrons. The maximum atomic E-state index is 14.3. The van der Waals surface area contributed by atoms with Crippen LogP contribution in [0.2, 0.25) is 0 Å². The summed E-state index contributed by atoms with van der Waals surface area (Å²) in [5, 5.41) is 56.1. The van der Waals surface area contributed by atoms with E-state index < -0.39 is 139 Å². The first-order valence-corrected chi connectivity index (χ1v) is 28.4. The zero-order chi connectivity index (χ0) is 62.2. The maximum Gasteiger partial charge on any atom is 0.326 e. The number of nitrogens with zero attached hydrogens (tertiary/aromatic N) is 6. The molecule has 3 heterocycles. The number of aliphatic imine (C=N–C) groups is 3. The van der Waals surface area contributed by atoms with Crippen LogP contribution in [-0.2, 0) is 54.4 Å². The molecule has 3 fully saturated rings. The number of carbonyl (C=O) groups is 10. The zero-order valence-corrected chi connectivity index (χ0v) is 47.5. The van der Waals surface area contributed by atoms with E-state index in [1.807, 2.05) is 0 Å². The molecule has 0 unspecified atom stereocenters. The van der Waals surface area contributed by atoms with Crippen LogP contribution in [0.15, 0.2) is 45.3 Å². The summed E-state index contributed by atoms with van der Waals surface area (Å²) < 4.78 is 0. The minimum Gasteiger partial charge on any atom is -0.480 e. The van der Waals surface area contributed by atoms with Gasteiger partial charge >= 0.3 is 5.97 Å². The van der Waals surface area contributed by atoms with Gasteiger partial charge in [-0.15, -0.1) is 11.8 Å². The summed E-state index contributed by atoms with van der Waals surface area (Å²) in [6.07, 6.45) is -1.67. The molecule has 33 nitrogen and oxygen atoms in total. The number of guanidine groups is 3. The second kappa shape index (κ2) is 33.9. The maximum absolute atomic E-state index is 14.3. The largest absolute Gasteiger partial charge is 0.480 e. The van der Waals surface area contributed by atoms with Crippen LogP contribution < -0.4 is 72.0 Å². The molecule has 0 aromatic heterocycles. The average molecular weight is 1200 g/mol. The first kappa shape index (κ1) is 68.4. The lowest BCUT2D eigenvalue weighted by molar-refractivity contribution is -0.148. The van der Waals surface area contributed by atoms with Gasteiger partial charge in [-0.2, -0.15) is 0 Å². The third-order valence-electron chi connectivity index (χ3n) is 13.8. The fourth-order valence-electron chi connectivity index (χ4n) is 9.47. The molecule has 0 saturated carbocycles. The quantitative estimate of drug-likeness (QED) is 0.0181. The van der Waals surface area contributed by atoms with Crippen LogP contribution in [-0.4, -0.2) is 236 Å². The van der Waals surface area contributed by atoms with Gasteiger partial charge in [0.2, 0.25) is 53.2 Å². The second-order valence-corrected chi connectivity index (χ2v) is 21.3. The molecule has 34 heteroatoms. The van der Waals surface area contributed by atoms with Crippen LogP contribution in [0, 0.1) is 0 Å². The van der Waals surface area contributed by atoms with Crippen molar-refractivity contribution < 1.29 is 68.4 Å². The Morgan fingerprint density at radius 3 is 1.83 bits per heavy atom. The number of aliphatic carboxylic acids is 1. The number of aliphatic hydroxyl groups is 3. The summed E-state index contributed by atoms with van der Waals surface area (Å²) in [6, 6.07) is -3.75. The lowest BCUT2D eigenvalue weighted by Crippen LogP contribution is -2.61. The SMILES string of the molecule is C[C@@H](O)[C@H](NC(=O)CNC(=O)[C@@H]1C[C@@H](O)CN1C(=O)[C@@H]1CCCN1C(=O)[C@H](CCCN=C(N)N)NC(=O)[C@H](N)CCCN=C(N)N)C(=O)N[C@@H](CO)C(=O)N[C@H](Cc1ccccc1)C(=O)N1CSC[C@H]1C(=O)N[C@@H](CCCN=C(N)N)C(=O)O. The van der Waals surface area contributed by atoms with Crippen LogP contribution in [0.5, 0.6) is 0 Å². The molecule has 0 aliphatic carbocycles. The minimum atomic E-state index is -1.80. The van der Waals surface area contributed by atoms with Crippen molar-refractivity contribution in [3.05, 3.63) is 35.9 Å². The average Bonchev–Trinajstić information content (AvgIpc) is 4.27. The Balaban J connectivity index is 1.40. The van der Waals surface area contributed by atoms with E-state index in [2.05, 4.69) is 46.9 Å². The number of benzene rings is 1. The molecule has 4 rings (SSSR count). The van der Waals surface area contributed by atoms with E-state index >= 15 is 0 Å². The van der Waals surface area contributed by atoms with Gasteiger partial charge < -0.3 is 107 Å². The summed E-state index contributed by atoms with van der Waals surface area (Å²) in [6.45, 7) is -0.509. The first-order valence-electron chi connectivity index (χ1n) is 27.3. The van der Waals surface area contributed by atoms with Gasteiger partial charge in [-0.1, -0.05) is 30.3 Å². The van der Waals surface area contributed by atoms with Crippen LogP contribution in [0.25, 0.3) is 0 Å². The van der Waals surface area contributed by atoms with Crippen molar-refractivity contribution in [1.82, 2.24) is 46.6 Å². The molecular formula is C50H81N19O14S. The van der Waals surface area contributed by atoms with Gasteiger partial charge in [0.15, 0.2) is 17.9 Å². The standard InChI is InChI=1S/C50H81N19O14S/c1-26(71)38(43(78)65-33(23-70)40(75)64-32(19-27-9-3-2-4-10-27)45(80)69-25-84-24-36(69)42(77)63-31(47(82)83)13-7-17-60-50(56)57)66-37(73)21-61-41(76)35-20-28(72)22-68(35)46(81)34-14-8-18-67(34)44(79)30(12-6-16-59-49(54)55)62-39(74)29(51)11-5-15-58-48(52)53/h2-4,9-10,26,28-36,38,70-72H,5-8,11-25,51H2,1H3,(H,61,76)(H,62,74)(H,63,77)(H,64,75)(H,65,78)(H,66,73)(H,82,83)(H4,52,53,58)(H4,54,55,59)(H4,56,57,60)/t26-,28-,29-,30+,31+,32-,33+,34+,35+,36+,38+/m1/s1. The van der Waals surface area contributed by atoms with Crippen molar-refractivity contribution in [2.24, 2.45) is 55.1 Å². The van der Waals surface area contributed by atoms with Crippen molar-refractivity contribution in [2.45, 2.75) is 138 Å². The molecule has 3 saturated heterocycles. The van der Waals surface area contributed by atoms with Gasteiger partial charge in [-0.05, 0) is 63.9 Å². The van der Waals surface area contributed by atoms with Crippen LogP contribution >= 0.6 is 11.8 Å². The number of carboxylic acid groups (broad SMARTS) is 1. The first-order chi connectivity index (χ1) is 39.8. The Bertz CT molecular complexity index is 2550. The molecule has 466 valence electrons. The van der Waals surface area contributed by atoms with Crippen LogP contribution in [0.4, 0.5) is 0 Å². The highest BCUT2D eigenvalue weighted by molar-refractivity contribution is 7.99. The number of amides is 9. The fraction of sp³-hybridized carbons (Fsp3) is 0.620. The Kier molecular flexibility index (Phi) is 27.6. The Morgan fingerprint density at radius 1 is 0.679 bits per heavy atom. The number of nitrogens with two attached hydrogens (primary N) is 7. The van der Waals surface area contributed by atoms with Crippen LogP contribution in [0.1, 0.15) is 70.3 Å². The molecule has 3 aliphatic heterocycles. The zero-order valence-electron chi connectivity index (χ0n) is 46.7. The smallest absolute Gasteiger partial charge is 0.326 e. The summed E-state index contributed by atoms with van der Waals surface area (Å²) in [7, 11) is 0. The van der Waals surface area contributed by atoms with Gasteiger partial charge in [0.1, 0.15) is 48.3 Å². The molecule has 9 amide bonds. The van der Waals surface area contributed by atoms with Crippen molar-refractivity contribution in [3.8, 4) is 0 Å². The number of hydrogen-bond acceptors (Lipinski definition) is 18. The summed E-state index contributed by atoms with van der Waals surface area (Å²) in [5.41, 5.74) is 39.0. The number of thioether (sulfide) groups is 1. The van der Waals surface area contributed by atoms with Gasteiger partial charge in [0.05, 0.1) is 37.3 Å². The van der Waals surface area contributed by atoms with Gasteiger partial charge in [-0.3, -0.25) is 58.1 Å². The summed E-state index contributed by atoms with van der Waals surface area (Å²) in [4.78, 5) is 151. The third kappa shape index (κ3) is 21.3. The number of nitrogens with one attached hydrogen (secondary N) is 6. The van der Waals surface area contributed by atoms with E-state index in [1.54, 1.807) is 30.3 Å². The van der Waals surface area contributed by atoms with Crippen molar-refractivity contribution >= 4 is 88.8 Å². The molecule has 24 N–H and O–H groups in total. The predicted molar refractivity (Wildman–Crippen MR) is 306 cm³/mol. The van der Waals surface area contributed by atoms with Gasteiger partial charge in [0.25, 0.3) is 0 Å². The molecular weight excluding hydrogens is 1120 g/mol. The second-order valence-electron chi connectivity index (χ2n) is 20.3. The number of likely N-dealkylation sites (tertiary alicyclic amines) is 2. The molecule has 1 aromatic carbocycles. The van der Waals surface area contributed by atoms with Gasteiger partial charge in [0, 0.05) is 51.3 Å². The van der Waals surface area contributed by atoms with E-state index in [0.29, 0.717) is 18.4 Å². The van der Waals surface area contributed by atoms with E-state index in [0.717, 1.165) is 11.8 Å². The predicted octanol–water partition coefficient (Wildman–Crippen LogP) is -8.43. The van der Waals surface area contributed by atoms with Crippen molar-refractivity contribution in [1.29, 1.82) is 0 Å². The van der Waals surface area contributed by atoms with E-state index in [4.69, 9.17) is 40.1 Å². The molecule has 1 aromatic rings. The van der Waals surface area contributed by atoms with E-state index in [1.165, 1.54) is 21.6 Å². The Morgan fingerprint density at radius 2 is 1.25 bits per heavy atom. The number of hydrogen-bond donors (Lipinski definition) is 17. The summed E-state index contributed by atoms with van der Waals surface area (Å²) in [5.74, 6) is -9.40. The monoisotopic (exact) mass is 1200 g/mol. The van der Waals surface area contributed by atoms with Crippen molar-refractivity contribution in [3.63, 3.8) is 0 Å². The highest BCUT2D eigenvalue weighted by Gasteiger charge is 2.46. The number of carbonyl (C=O) groups excluding carboxylic acids is 9. The highest BCUT2D eigenvalue weighted by Crippen LogP contribution is 2.27. The topological polar surface area (TPSA) is 553 Å². The van der Waals surface area contributed by atoms with Gasteiger partial charge in [-0.25, -0.2) is 4.79 Å². The third-order valence-corrected chi connectivity index (χ3v) is 14.8. The highest BCUT2D eigenvalue weighted by atomic mass is 32.2. The summed E-state index contributed by atoms with van der Waals surface area (Å²) >= 11 is 1.20. The lowest BCUT2D eigenvalue weighted by atomic mass is 10.0. The molecule has 0 bridgehead atoms. The molecule has 0 spiro atoms. The lowest BCUT2D eigenvalue weighted by Gasteiger charge is -2.33. The number of aliphatic hydroxyl groups excluding tert-OH is 3. The normalized spacial score (nSPS) is 19.8. The van der Waals surface area contributed by atoms with E-state index in [-0.39, 0.29) is 114 Å². The molecule has 3 aliphatic rings. The van der Waals surface area contributed by atoms with Crippen molar-refractivity contribution in [2.75, 3.05) is 57.5 Å². The Hall–Kier alpha value is -8.08. The number of rotatable bonds is 32. The number of β-amino-alcohol motifs (C(OH)–C–C–N with tert-alkyl or cyclic N) is 1. The minimum absolute atomic E-state index is 0.0191. The molecule has 11 atom stereocenters. The Labute approximate surface area is 488 Å². The molecule has 84 heavy (non-hydrogen) atoms. The number of carboxylic acids is 1. The van der Waals surface area contributed by atoms with Crippen LogP contribution in [0.3, 0.4) is 0 Å². The fourth-order valence-corrected chi connectivity index (χ4v) is 10.6. The van der Waals surface area contributed by atoms with E-state index in [9.17, 15) is 68.4 Å².